The first-order valence-corrected chi connectivity index (χ1v) is 12.6. The Balaban J connectivity index is 1.04. The molecule has 3 fully saturated rings. The monoisotopic (exact) mass is 455 g/mol. The summed E-state index contributed by atoms with van der Waals surface area (Å²) in [6, 6.07) is 8.98. The van der Waals surface area contributed by atoms with Gasteiger partial charge in [-0.3, -0.25) is 4.90 Å². The molecule has 3 heterocycles. The third kappa shape index (κ3) is 5.24. The number of nitrogens with one attached hydrogen (secondary N) is 1. The molecule has 7 nitrogen and oxygen atoms in total. The van der Waals surface area contributed by atoms with Crippen LogP contribution in [0.4, 0.5) is 4.79 Å². The molecule has 1 unspecified atom stereocenters. The summed E-state index contributed by atoms with van der Waals surface area (Å²) in [4.78, 5) is 24.4. The van der Waals surface area contributed by atoms with Gasteiger partial charge in [0.1, 0.15) is 10.8 Å². The smallest absolute Gasteiger partial charge is 0.317 e. The Kier molecular flexibility index (Phi) is 6.62. The zero-order valence-corrected chi connectivity index (χ0v) is 19.6. The molecule has 1 aliphatic carbocycles. The lowest BCUT2D eigenvalue weighted by molar-refractivity contribution is 0.134. The highest BCUT2D eigenvalue weighted by Gasteiger charge is 2.34. The maximum atomic E-state index is 12.6. The molecule has 2 aliphatic heterocycles. The van der Waals surface area contributed by atoms with E-state index >= 15 is 0 Å². The number of hydrogen-bond donors (Lipinski definition) is 1. The Labute approximate surface area is 194 Å². The topological polar surface area (TPSA) is 60.9 Å². The van der Waals surface area contributed by atoms with Crippen LogP contribution in [0, 0.1) is 5.92 Å². The van der Waals surface area contributed by atoms with Gasteiger partial charge in [-0.1, -0.05) is 0 Å². The van der Waals surface area contributed by atoms with E-state index in [1.165, 1.54) is 25.8 Å². The number of aromatic nitrogens is 1. The first-order chi connectivity index (χ1) is 15.7. The number of nitrogens with zero attached hydrogens (tertiary/aromatic N) is 4. The van der Waals surface area contributed by atoms with Crippen molar-refractivity contribution in [2.24, 2.45) is 5.92 Å². The minimum absolute atomic E-state index is 0.102. The van der Waals surface area contributed by atoms with Crippen LogP contribution in [0.5, 0.6) is 5.75 Å². The van der Waals surface area contributed by atoms with Crippen LogP contribution >= 0.6 is 11.3 Å². The molecule has 1 saturated carbocycles. The predicted molar refractivity (Wildman–Crippen MR) is 127 cm³/mol. The summed E-state index contributed by atoms with van der Waals surface area (Å²) in [5, 5.41) is 6.37. The lowest BCUT2D eigenvalue weighted by atomic mass is 10.1. The van der Waals surface area contributed by atoms with Crippen LogP contribution in [-0.4, -0.2) is 84.7 Å². The van der Waals surface area contributed by atoms with Crippen LogP contribution in [0.2, 0.25) is 0 Å². The molecule has 0 spiro atoms. The highest BCUT2D eigenvalue weighted by atomic mass is 32.1. The van der Waals surface area contributed by atoms with Crippen LogP contribution < -0.4 is 10.1 Å². The maximum Gasteiger partial charge on any atom is 0.317 e. The molecule has 32 heavy (non-hydrogen) atoms. The summed E-state index contributed by atoms with van der Waals surface area (Å²) in [7, 11) is 1.68. The third-order valence-corrected chi connectivity index (χ3v) is 7.80. The third-order valence-electron chi connectivity index (χ3n) is 6.86. The van der Waals surface area contributed by atoms with E-state index in [1.54, 1.807) is 18.4 Å². The predicted octanol–water partition coefficient (Wildman–Crippen LogP) is 3.13. The van der Waals surface area contributed by atoms with E-state index in [0.29, 0.717) is 5.92 Å². The maximum absolute atomic E-state index is 12.6. The molecule has 1 atom stereocenters. The molecule has 8 heteroatoms. The zero-order valence-electron chi connectivity index (χ0n) is 18.8. The van der Waals surface area contributed by atoms with Crippen molar-refractivity contribution in [2.75, 3.05) is 52.9 Å². The number of carbonyl (C=O) groups is 1. The van der Waals surface area contributed by atoms with E-state index in [4.69, 9.17) is 9.72 Å². The SMILES string of the molecule is COc1ccc(-c2nc(CN3CCN(C(=O)NCC4CCN(C5CC5)C4)CC3)cs2)cc1. The largest absolute Gasteiger partial charge is 0.497 e. The van der Waals surface area contributed by atoms with Gasteiger partial charge in [0.2, 0.25) is 0 Å². The number of amides is 2. The molecule has 172 valence electrons. The number of benzene rings is 1. The second-order valence-corrected chi connectivity index (χ2v) is 10.1. The van der Waals surface area contributed by atoms with Gasteiger partial charge >= 0.3 is 6.03 Å². The molecule has 0 bridgehead atoms. The lowest BCUT2D eigenvalue weighted by Crippen LogP contribution is -2.52. The van der Waals surface area contributed by atoms with Gasteiger partial charge in [0.15, 0.2) is 0 Å². The van der Waals surface area contributed by atoms with E-state index in [9.17, 15) is 4.79 Å². The fourth-order valence-corrected chi connectivity index (χ4v) is 5.54. The van der Waals surface area contributed by atoms with Crippen LogP contribution in [0.15, 0.2) is 29.6 Å². The van der Waals surface area contributed by atoms with Gasteiger partial charge in [0.05, 0.1) is 12.8 Å². The Bertz CT molecular complexity index is 905. The molecular formula is C24H33N5O2S. The van der Waals surface area contributed by atoms with Gasteiger partial charge in [0.25, 0.3) is 0 Å². The number of carbonyl (C=O) groups excluding carboxylic acids is 1. The minimum atomic E-state index is 0.102. The van der Waals surface area contributed by atoms with Crippen molar-refractivity contribution in [2.45, 2.75) is 31.8 Å². The molecule has 3 aliphatic rings. The van der Waals surface area contributed by atoms with Gasteiger partial charge in [-0.15, -0.1) is 11.3 Å². The van der Waals surface area contributed by atoms with Crippen molar-refractivity contribution >= 4 is 17.4 Å². The summed E-state index contributed by atoms with van der Waals surface area (Å²) in [5.74, 6) is 1.47. The van der Waals surface area contributed by atoms with E-state index in [-0.39, 0.29) is 6.03 Å². The number of thiazole rings is 1. The average molecular weight is 456 g/mol. The quantitative estimate of drug-likeness (QED) is 0.695. The molecule has 2 saturated heterocycles. The summed E-state index contributed by atoms with van der Waals surface area (Å²) in [5.41, 5.74) is 2.21. The standard InChI is InChI=1S/C24H33N5O2S/c1-31-22-6-2-19(3-7-22)23-26-20(17-32-23)16-27-10-12-28(13-11-27)24(30)25-14-18-8-9-29(15-18)21-4-5-21/h2-3,6-7,17-18,21H,4-5,8-16H2,1H3,(H,25,30). The second kappa shape index (κ2) is 9.77. The van der Waals surface area contributed by atoms with Crippen molar-refractivity contribution < 1.29 is 9.53 Å². The Morgan fingerprint density at radius 1 is 1.12 bits per heavy atom. The van der Waals surface area contributed by atoms with Crippen LogP contribution in [-0.2, 0) is 6.54 Å². The zero-order chi connectivity index (χ0) is 21.9. The number of ether oxygens (including phenoxy) is 1. The highest BCUT2D eigenvalue weighted by molar-refractivity contribution is 7.13. The van der Waals surface area contributed by atoms with E-state index in [2.05, 4.69) is 20.5 Å². The minimum Gasteiger partial charge on any atom is -0.497 e. The fourth-order valence-electron chi connectivity index (χ4n) is 4.73. The van der Waals surface area contributed by atoms with Crippen molar-refractivity contribution in [3.8, 4) is 16.3 Å². The molecule has 1 N–H and O–H groups in total. The lowest BCUT2D eigenvalue weighted by Gasteiger charge is -2.34. The van der Waals surface area contributed by atoms with Crippen molar-refractivity contribution in [1.29, 1.82) is 0 Å². The van der Waals surface area contributed by atoms with Gasteiger partial charge in [0, 0.05) is 62.8 Å². The Hall–Kier alpha value is -2.16. The number of urea groups is 1. The first-order valence-electron chi connectivity index (χ1n) is 11.8. The normalized spacial score (nSPS) is 22.3. The molecular weight excluding hydrogens is 422 g/mol. The van der Waals surface area contributed by atoms with Crippen LogP contribution in [0.3, 0.4) is 0 Å². The molecule has 1 aromatic heterocycles. The number of likely N-dealkylation sites (tertiary alicyclic amines) is 1. The van der Waals surface area contributed by atoms with E-state index in [0.717, 1.165) is 73.9 Å². The molecule has 1 aromatic carbocycles. The van der Waals surface area contributed by atoms with E-state index < -0.39 is 0 Å². The summed E-state index contributed by atoms with van der Waals surface area (Å²) < 4.78 is 5.23. The summed E-state index contributed by atoms with van der Waals surface area (Å²) in [6.07, 6.45) is 3.96. The first kappa shape index (κ1) is 21.7. The average Bonchev–Trinajstić information content (AvgIpc) is 3.39. The van der Waals surface area contributed by atoms with Crippen molar-refractivity contribution in [3.63, 3.8) is 0 Å². The summed E-state index contributed by atoms with van der Waals surface area (Å²) >= 11 is 1.68. The fraction of sp³-hybridized carbons (Fsp3) is 0.583. The number of hydrogen-bond acceptors (Lipinski definition) is 6. The number of piperazine rings is 1. The van der Waals surface area contributed by atoms with Crippen LogP contribution in [0.25, 0.3) is 10.6 Å². The second-order valence-electron chi connectivity index (χ2n) is 9.20. The molecule has 0 radical (unpaired) electrons. The van der Waals surface area contributed by atoms with Crippen molar-refractivity contribution in [1.82, 2.24) is 25.0 Å². The number of rotatable bonds is 7. The van der Waals surface area contributed by atoms with Gasteiger partial charge in [-0.2, -0.15) is 0 Å². The molecule has 5 rings (SSSR count). The summed E-state index contributed by atoms with van der Waals surface area (Å²) in [6.45, 7) is 7.35. The Morgan fingerprint density at radius 3 is 2.62 bits per heavy atom. The van der Waals surface area contributed by atoms with Gasteiger partial charge < -0.3 is 19.9 Å². The number of methoxy groups -OCH3 is 1. The van der Waals surface area contributed by atoms with Crippen molar-refractivity contribution in [3.05, 3.63) is 35.3 Å². The Morgan fingerprint density at radius 2 is 1.91 bits per heavy atom. The van der Waals surface area contributed by atoms with E-state index in [1.807, 2.05) is 29.2 Å². The highest BCUT2D eigenvalue weighted by Crippen LogP contribution is 2.31. The van der Waals surface area contributed by atoms with Gasteiger partial charge in [-0.05, 0) is 56.0 Å². The van der Waals surface area contributed by atoms with Gasteiger partial charge in [-0.25, -0.2) is 9.78 Å². The molecule has 2 amide bonds. The van der Waals surface area contributed by atoms with Crippen LogP contribution in [0.1, 0.15) is 25.0 Å². The molecule has 2 aromatic rings.